The number of rotatable bonds is 3. The van der Waals surface area contributed by atoms with Crippen molar-refractivity contribution in [2.75, 3.05) is 0 Å². The van der Waals surface area contributed by atoms with Crippen LogP contribution in [0.1, 0.15) is 41.5 Å². The molecule has 0 aromatic heterocycles. The molecule has 2 rings (SSSR count). The van der Waals surface area contributed by atoms with Crippen LogP contribution in [0.5, 0.6) is 0 Å². The van der Waals surface area contributed by atoms with E-state index in [4.69, 9.17) is 4.98 Å². The molecule has 125 valence electrons. The minimum Gasteiger partial charge on any atom is -0.662 e. The number of nitrogens with zero attached hydrogens (tertiary/aromatic N) is 1. The molecule has 0 aliphatic heterocycles. The molecule has 0 bridgehead atoms. The summed E-state index contributed by atoms with van der Waals surface area (Å²) in [4.78, 5) is 5.10. The second-order valence-electron chi connectivity index (χ2n) is 6.91. The number of hydrogen-bond acceptors (Lipinski definition) is 0. The first-order chi connectivity index (χ1) is 9.15. The van der Waals surface area contributed by atoms with Crippen molar-refractivity contribution in [3.8, 4) is 0 Å². The smallest absolute Gasteiger partial charge is 0.662 e. The molecule has 5 radical (unpaired) electrons. The zero-order chi connectivity index (χ0) is 15.2. The fraction of sp³-hybridized carbons (Fsp3) is 0.450. The SMILES string of the molecule is C[C]1[C](C)[C]([Si](C)(C)[N-]C(C)C)[C]2C=C(C)C=C(C)[C]12.[CH3-].[CH3-].[Ti+4]. The van der Waals surface area contributed by atoms with Gasteiger partial charge in [0, 0.05) is 11.8 Å². The predicted molar refractivity (Wildman–Crippen MR) is 104 cm³/mol. The molecule has 1 saturated carbocycles. The summed E-state index contributed by atoms with van der Waals surface area (Å²) in [5.74, 6) is 5.84. The molecule has 1 nitrogen and oxygen atoms in total. The van der Waals surface area contributed by atoms with Crippen LogP contribution in [0.15, 0.2) is 23.3 Å². The molecule has 0 unspecified atom stereocenters. The number of hydrogen-bond donors (Lipinski definition) is 0. The summed E-state index contributed by atoms with van der Waals surface area (Å²) >= 11 is 0. The van der Waals surface area contributed by atoms with E-state index < -0.39 is 8.24 Å². The summed E-state index contributed by atoms with van der Waals surface area (Å²) in [7, 11) is -1.75. The summed E-state index contributed by atoms with van der Waals surface area (Å²) in [5, 5.41) is 0. The zero-order valence-corrected chi connectivity index (χ0v) is 19.2. The van der Waals surface area contributed by atoms with Crippen LogP contribution in [-0.4, -0.2) is 14.3 Å². The van der Waals surface area contributed by atoms with Crippen LogP contribution in [0.2, 0.25) is 13.1 Å². The quantitative estimate of drug-likeness (QED) is 0.416. The van der Waals surface area contributed by atoms with Gasteiger partial charge < -0.3 is 19.8 Å². The Morgan fingerprint density at radius 2 is 1.43 bits per heavy atom. The third kappa shape index (κ3) is 4.94. The summed E-state index contributed by atoms with van der Waals surface area (Å²) in [5.41, 5.74) is 4.31. The van der Waals surface area contributed by atoms with Gasteiger partial charge in [0.15, 0.2) is 0 Å². The van der Waals surface area contributed by atoms with Gasteiger partial charge in [-0.3, -0.25) is 0 Å². The molecule has 2 aliphatic rings. The van der Waals surface area contributed by atoms with Gasteiger partial charge in [-0.2, -0.15) is 0 Å². The molecule has 2 aliphatic carbocycles. The molecule has 3 heteroatoms. The van der Waals surface area contributed by atoms with Gasteiger partial charge in [-0.25, -0.2) is 0 Å². The maximum absolute atomic E-state index is 5.10. The van der Waals surface area contributed by atoms with Gasteiger partial charge in [0.05, 0.1) is 0 Å². The van der Waals surface area contributed by atoms with E-state index in [0.717, 1.165) is 0 Å². The van der Waals surface area contributed by atoms with Crippen molar-refractivity contribution in [3.63, 3.8) is 0 Å². The summed E-state index contributed by atoms with van der Waals surface area (Å²) in [6.07, 6.45) is 4.66. The first-order valence-electron chi connectivity index (χ1n) is 7.54. The van der Waals surface area contributed by atoms with E-state index in [-0.39, 0.29) is 36.6 Å². The van der Waals surface area contributed by atoms with Gasteiger partial charge in [0.2, 0.25) is 0 Å². The van der Waals surface area contributed by atoms with E-state index >= 15 is 0 Å². The maximum atomic E-state index is 5.10. The van der Waals surface area contributed by atoms with E-state index in [9.17, 15) is 0 Å². The van der Waals surface area contributed by atoms with Crippen molar-refractivity contribution in [1.29, 1.82) is 0 Å². The predicted octanol–water partition coefficient (Wildman–Crippen LogP) is 6.24. The van der Waals surface area contributed by atoms with Crippen LogP contribution in [0, 0.1) is 44.1 Å². The van der Waals surface area contributed by atoms with Gasteiger partial charge in [-0.05, 0) is 31.2 Å². The molecule has 0 saturated heterocycles. The Morgan fingerprint density at radius 1 is 0.913 bits per heavy atom. The monoisotopic (exact) mass is 363 g/mol. The Kier molecular flexibility index (Phi) is 10.2. The van der Waals surface area contributed by atoms with Crippen LogP contribution in [-0.2, 0) is 21.7 Å². The number of allylic oxidation sites excluding steroid dienone is 4. The van der Waals surface area contributed by atoms with Crippen LogP contribution < -0.4 is 0 Å². The fourth-order valence-electron chi connectivity index (χ4n) is 3.74. The number of fused-ring (bicyclic) bond motifs is 1. The van der Waals surface area contributed by atoms with Crippen molar-refractivity contribution >= 4 is 8.24 Å². The maximum Gasteiger partial charge on any atom is 4.00 e. The van der Waals surface area contributed by atoms with Gasteiger partial charge in [0.25, 0.3) is 0 Å². The normalized spacial score (nSPS) is 21.1. The summed E-state index contributed by atoms with van der Waals surface area (Å²) in [6, 6.07) is 0.409. The van der Waals surface area contributed by atoms with E-state index in [0.29, 0.717) is 6.04 Å². The second kappa shape index (κ2) is 9.17. The molecular weight excluding hydrogens is 330 g/mol. The van der Waals surface area contributed by atoms with Crippen molar-refractivity contribution in [1.82, 2.24) is 0 Å². The van der Waals surface area contributed by atoms with Gasteiger partial charge in [-0.15, -0.1) is 6.04 Å². The minimum absolute atomic E-state index is 0. The van der Waals surface area contributed by atoms with E-state index in [1.807, 2.05) is 0 Å². The van der Waals surface area contributed by atoms with E-state index in [1.165, 1.54) is 34.8 Å². The molecule has 1 fully saturated rings. The third-order valence-corrected chi connectivity index (χ3v) is 7.28. The average Bonchev–Trinajstić information content (AvgIpc) is 2.49. The zero-order valence-electron chi connectivity index (χ0n) is 16.7. The Morgan fingerprint density at radius 3 is 1.91 bits per heavy atom. The largest absolute Gasteiger partial charge is 4.00 e. The molecular formula is C20H33NSiTi+. The standard InChI is InChI=1S/C18H27NSi.2CH3.Ti/c1-11(2)19-20(7,8)18-15(6)14(5)17-13(4)9-12(3)10-16(17)18;;;/h9-11H,1-8H3;2*1H3;/q3*-1;+4. The molecule has 0 heterocycles. The van der Waals surface area contributed by atoms with Crippen LogP contribution >= 0.6 is 0 Å². The summed E-state index contributed by atoms with van der Waals surface area (Å²) < 4.78 is 0. The van der Waals surface area contributed by atoms with Crippen molar-refractivity contribution in [2.45, 2.75) is 60.7 Å². The van der Waals surface area contributed by atoms with Crippen molar-refractivity contribution < 1.29 is 21.7 Å². The Labute approximate surface area is 162 Å². The average molecular weight is 363 g/mol. The molecule has 0 aromatic rings. The van der Waals surface area contributed by atoms with Crippen molar-refractivity contribution in [3.05, 3.63) is 72.3 Å². The molecule has 0 aromatic carbocycles. The molecule has 0 spiro atoms. The fourth-order valence-corrected chi connectivity index (χ4v) is 7.12. The molecule has 23 heavy (non-hydrogen) atoms. The molecule has 0 amide bonds. The Bertz CT molecular complexity index is 439. The molecule has 0 N–H and O–H groups in total. The van der Waals surface area contributed by atoms with Crippen LogP contribution in [0.3, 0.4) is 0 Å². The minimum atomic E-state index is -1.75. The topological polar surface area (TPSA) is 14.1 Å². The summed E-state index contributed by atoms with van der Waals surface area (Å²) in [6.45, 7) is 18.1. The van der Waals surface area contributed by atoms with Crippen LogP contribution in [0.4, 0.5) is 0 Å². The van der Waals surface area contributed by atoms with E-state index in [2.05, 4.69) is 66.8 Å². The van der Waals surface area contributed by atoms with E-state index in [1.54, 1.807) is 5.54 Å². The van der Waals surface area contributed by atoms with Crippen LogP contribution in [0.25, 0.3) is 4.98 Å². The van der Waals surface area contributed by atoms with Crippen molar-refractivity contribution in [2.24, 2.45) is 0 Å². The second-order valence-corrected chi connectivity index (χ2v) is 10.8. The first kappa shape index (κ1) is 25.6. The van der Waals surface area contributed by atoms with Gasteiger partial charge in [-0.1, -0.05) is 72.3 Å². The Hall–Kier alpha value is 0.371. The van der Waals surface area contributed by atoms with Gasteiger partial charge >= 0.3 is 21.7 Å². The first-order valence-corrected chi connectivity index (χ1v) is 10.5. The van der Waals surface area contributed by atoms with Gasteiger partial charge in [0.1, 0.15) is 0 Å². The molecule has 0 atom stereocenters. The Balaban J connectivity index is 0. The third-order valence-electron chi connectivity index (χ3n) is 4.25.